The predicted molar refractivity (Wildman–Crippen MR) is 100 cm³/mol. The maximum atomic E-state index is 2.36. The topological polar surface area (TPSA) is 4.93 Å². The van der Waals surface area contributed by atoms with Crippen LogP contribution in [0.15, 0.2) is 72.8 Å². The number of hydrogen-bond donors (Lipinski definition) is 0. The molecule has 0 unspecified atom stereocenters. The minimum Gasteiger partial charge on any atom is -0.313 e. The lowest BCUT2D eigenvalue weighted by atomic mass is 10.1. The highest BCUT2D eigenvalue weighted by Crippen LogP contribution is 2.32. The van der Waals surface area contributed by atoms with E-state index in [1.165, 1.54) is 38.6 Å². The van der Waals surface area contributed by atoms with E-state index in [4.69, 9.17) is 0 Å². The average molecular weight is 297 g/mol. The fourth-order valence-electron chi connectivity index (χ4n) is 3.34. The van der Waals surface area contributed by atoms with E-state index < -0.39 is 0 Å². The monoisotopic (exact) mass is 297 g/mol. The zero-order valence-electron chi connectivity index (χ0n) is 13.5. The van der Waals surface area contributed by atoms with Gasteiger partial charge < -0.3 is 4.57 Å². The van der Waals surface area contributed by atoms with E-state index in [2.05, 4.69) is 97.3 Å². The van der Waals surface area contributed by atoms with Gasteiger partial charge in [0.15, 0.2) is 0 Å². The Bertz CT molecular complexity index is 981. The molecule has 0 aliphatic rings. The van der Waals surface area contributed by atoms with Crippen molar-refractivity contribution in [2.45, 2.75) is 13.8 Å². The molecule has 0 saturated heterocycles. The molecule has 0 radical (unpaired) electrons. The summed E-state index contributed by atoms with van der Waals surface area (Å²) in [6.45, 7) is 4.34. The number of nitrogens with zero attached hydrogens (tertiary/aromatic N) is 1. The minimum atomic E-state index is 1.23. The summed E-state index contributed by atoms with van der Waals surface area (Å²) in [6.07, 6.45) is 2.27. The molecule has 1 nitrogen and oxygen atoms in total. The van der Waals surface area contributed by atoms with Crippen molar-refractivity contribution in [1.82, 2.24) is 4.57 Å². The molecule has 0 aliphatic heterocycles. The molecule has 0 atom stereocenters. The van der Waals surface area contributed by atoms with Gasteiger partial charge in [0.05, 0.1) is 11.0 Å². The Hall–Kier alpha value is -2.80. The van der Waals surface area contributed by atoms with E-state index in [0.29, 0.717) is 0 Å². The Morgan fingerprint density at radius 3 is 1.87 bits per heavy atom. The molecule has 1 aromatic heterocycles. The number of hydrogen-bond acceptors (Lipinski definition) is 0. The van der Waals surface area contributed by atoms with Crippen molar-refractivity contribution in [2.75, 3.05) is 0 Å². The second-order valence-corrected chi connectivity index (χ2v) is 6.01. The summed E-state index contributed by atoms with van der Waals surface area (Å²) >= 11 is 0. The maximum Gasteiger partial charge on any atom is 0.0537 e. The van der Waals surface area contributed by atoms with Crippen LogP contribution < -0.4 is 0 Å². The summed E-state index contributed by atoms with van der Waals surface area (Å²) in [7, 11) is 0. The number of para-hydroxylation sites is 2. The molecule has 4 aromatic rings. The summed E-state index contributed by atoms with van der Waals surface area (Å²) in [5.41, 5.74) is 6.32. The molecule has 1 heterocycles. The van der Waals surface area contributed by atoms with Crippen LogP contribution in [0.2, 0.25) is 0 Å². The van der Waals surface area contributed by atoms with E-state index in [1.54, 1.807) is 0 Å². The van der Waals surface area contributed by atoms with Gasteiger partial charge >= 0.3 is 0 Å². The lowest BCUT2D eigenvalue weighted by Crippen LogP contribution is -1.93. The van der Waals surface area contributed by atoms with Crippen LogP contribution >= 0.6 is 0 Å². The number of aromatic nitrogens is 1. The second-order valence-electron chi connectivity index (χ2n) is 6.01. The third-order valence-electron chi connectivity index (χ3n) is 4.49. The zero-order valence-corrected chi connectivity index (χ0v) is 13.5. The molecular formula is C22H19N. The molecule has 112 valence electrons. The molecule has 3 aromatic carbocycles. The Kier molecular flexibility index (Phi) is 3.27. The van der Waals surface area contributed by atoms with Gasteiger partial charge in [-0.15, -0.1) is 0 Å². The quantitative estimate of drug-likeness (QED) is 0.420. The number of benzene rings is 3. The molecule has 0 spiro atoms. The summed E-state index contributed by atoms with van der Waals surface area (Å²) in [5, 5.41) is 2.61. The Balaban J connectivity index is 2.02. The van der Waals surface area contributed by atoms with Crippen molar-refractivity contribution in [3.63, 3.8) is 0 Å². The van der Waals surface area contributed by atoms with Crippen molar-refractivity contribution >= 4 is 33.6 Å². The zero-order chi connectivity index (χ0) is 15.8. The maximum absolute atomic E-state index is 2.36. The van der Waals surface area contributed by atoms with E-state index in [9.17, 15) is 0 Å². The highest BCUT2D eigenvalue weighted by Gasteiger charge is 2.10. The summed E-state index contributed by atoms with van der Waals surface area (Å²) < 4.78 is 2.36. The van der Waals surface area contributed by atoms with Crippen LogP contribution in [-0.4, -0.2) is 4.57 Å². The van der Waals surface area contributed by atoms with Crippen molar-refractivity contribution < 1.29 is 0 Å². The first-order valence-corrected chi connectivity index (χ1v) is 7.98. The van der Waals surface area contributed by atoms with Gasteiger partial charge in [-0.2, -0.15) is 0 Å². The summed E-state index contributed by atoms with van der Waals surface area (Å²) in [5.74, 6) is 0. The number of allylic oxidation sites excluding steroid dienone is 1. The van der Waals surface area contributed by atoms with E-state index >= 15 is 0 Å². The van der Waals surface area contributed by atoms with Gasteiger partial charge in [0.2, 0.25) is 0 Å². The highest BCUT2D eigenvalue weighted by molar-refractivity contribution is 6.10. The van der Waals surface area contributed by atoms with Gasteiger partial charge in [-0.1, -0.05) is 60.7 Å². The van der Waals surface area contributed by atoms with Gasteiger partial charge in [-0.3, -0.25) is 0 Å². The van der Waals surface area contributed by atoms with Gasteiger partial charge in [-0.05, 0) is 43.2 Å². The molecule has 0 aliphatic carbocycles. The van der Waals surface area contributed by atoms with Crippen molar-refractivity contribution in [1.29, 1.82) is 0 Å². The lowest BCUT2D eigenvalue weighted by Gasteiger charge is -2.09. The first kappa shape index (κ1) is 13.8. The van der Waals surface area contributed by atoms with Gasteiger partial charge in [-0.25, -0.2) is 0 Å². The van der Waals surface area contributed by atoms with E-state index in [0.717, 1.165) is 0 Å². The first-order chi connectivity index (χ1) is 11.3. The van der Waals surface area contributed by atoms with Crippen molar-refractivity contribution in [3.05, 3.63) is 83.9 Å². The highest BCUT2D eigenvalue weighted by atomic mass is 15.0. The molecule has 0 bridgehead atoms. The fraction of sp³-hybridized carbons (Fsp3) is 0.0909. The van der Waals surface area contributed by atoms with E-state index in [1.807, 2.05) is 0 Å². The molecule has 0 saturated carbocycles. The summed E-state index contributed by atoms with van der Waals surface area (Å²) in [6, 6.07) is 25.8. The van der Waals surface area contributed by atoms with Crippen molar-refractivity contribution in [2.24, 2.45) is 0 Å². The second kappa shape index (κ2) is 5.44. The van der Waals surface area contributed by atoms with E-state index in [-0.39, 0.29) is 0 Å². The Morgan fingerprint density at radius 2 is 1.26 bits per heavy atom. The van der Waals surface area contributed by atoms with Gasteiger partial charge in [0.25, 0.3) is 0 Å². The largest absolute Gasteiger partial charge is 0.313 e. The standard InChI is InChI=1S/C22H19N/c1-16-9-3-4-10-18(16)15-17(2)23-21-13-7-5-11-19(21)20-12-6-8-14-22(20)23/h3-15H,1-2H3/b17-15+. The van der Waals surface area contributed by atoms with Gasteiger partial charge in [0.1, 0.15) is 0 Å². The van der Waals surface area contributed by atoms with Crippen molar-refractivity contribution in [3.8, 4) is 0 Å². The smallest absolute Gasteiger partial charge is 0.0537 e. The number of fused-ring (bicyclic) bond motifs is 3. The predicted octanol–water partition coefficient (Wildman–Crippen LogP) is 6.12. The molecule has 0 amide bonds. The van der Waals surface area contributed by atoms with Crippen LogP contribution in [0.3, 0.4) is 0 Å². The summed E-state index contributed by atoms with van der Waals surface area (Å²) in [4.78, 5) is 0. The minimum absolute atomic E-state index is 1.23. The number of aryl methyl sites for hydroxylation is 1. The van der Waals surface area contributed by atoms with Crippen LogP contribution in [0.1, 0.15) is 18.1 Å². The first-order valence-electron chi connectivity index (χ1n) is 7.98. The Morgan fingerprint density at radius 1 is 0.739 bits per heavy atom. The molecular weight excluding hydrogens is 278 g/mol. The molecule has 23 heavy (non-hydrogen) atoms. The SMILES string of the molecule is C/C(=C\c1ccccc1C)n1c2ccccc2c2ccccc21. The molecule has 4 rings (SSSR count). The van der Waals surface area contributed by atoms with Crippen LogP contribution in [0.4, 0.5) is 0 Å². The number of rotatable bonds is 2. The molecule has 0 N–H and O–H groups in total. The fourth-order valence-corrected chi connectivity index (χ4v) is 3.34. The normalized spacial score (nSPS) is 12.2. The van der Waals surface area contributed by atoms with Crippen LogP contribution in [0.25, 0.3) is 33.6 Å². The van der Waals surface area contributed by atoms with Crippen LogP contribution in [0.5, 0.6) is 0 Å². The van der Waals surface area contributed by atoms with Crippen LogP contribution in [0, 0.1) is 6.92 Å². The van der Waals surface area contributed by atoms with Crippen LogP contribution in [-0.2, 0) is 0 Å². The third-order valence-corrected chi connectivity index (χ3v) is 4.49. The Labute approximate surface area is 136 Å². The molecule has 0 fully saturated rings. The lowest BCUT2D eigenvalue weighted by molar-refractivity contribution is 1.21. The average Bonchev–Trinajstić information content (AvgIpc) is 2.91. The van der Waals surface area contributed by atoms with Gasteiger partial charge in [0, 0.05) is 16.5 Å². The molecule has 1 heteroatoms. The third kappa shape index (κ3) is 2.25.